The maximum Gasteiger partial charge on any atom is 0.332 e. The lowest BCUT2D eigenvalue weighted by molar-refractivity contribution is -0.120. The number of amides is 4. The highest BCUT2D eigenvalue weighted by Gasteiger charge is 2.52. The number of hydrogen-bond donors (Lipinski definition) is 2. The van der Waals surface area contributed by atoms with Crippen LogP contribution >= 0.6 is 0 Å². The van der Waals surface area contributed by atoms with Crippen molar-refractivity contribution in [3.05, 3.63) is 65.4 Å². The summed E-state index contributed by atoms with van der Waals surface area (Å²) in [6.07, 6.45) is 1.25. The smallest absolute Gasteiger partial charge is 0.332 e. The number of carbonyl (C=O) groups excluding carboxylic acids is 3. The molecule has 0 aliphatic carbocycles. The summed E-state index contributed by atoms with van der Waals surface area (Å²) in [5.41, 5.74) is 3.72. The average molecular weight is 416 g/mol. The standard InChI is InChI=1S/C24H24N4O3/c1-3-12-25-22(29)16-9-5-7-11-19(16)28-23(30)20-13-17-15-8-4-6-10-18(15)26-21(17)14(2)27(20)24(28)31/h4-11,14,20,26H,3,12-13H2,1-2H3,(H,25,29)/t14-,20-/m0/s1. The summed E-state index contributed by atoms with van der Waals surface area (Å²) in [6.45, 7) is 4.44. The molecular formula is C24H24N4O3. The predicted octanol–water partition coefficient (Wildman–Crippen LogP) is 3.76. The maximum absolute atomic E-state index is 13.5. The molecule has 2 N–H and O–H groups in total. The molecule has 0 spiro atoms. The predicted molar refractivity (Wildman–Crippen MR) is 118 cm³/mol. The van der Waals surface area contributed by atoms with E-state index >= 15 is 0 Å². The number of fused-ring (bicyclic) bond motifs is 4. The van der Waals surface area contributed by atoms with Crippen LogP contribution in [0.5, 0.6) is 0 Å². The van der Waals surface area contributed by atoms with E-state index in [2.05, 4.69) is 10.3 Å². The van der Waals surface area contributed by atoms with Gasteiger partial charge >= 0.3 is 6.03 Å². The number of aromatic nitrogens is 1. The van der Waals surface area contributed by atoms with Gasteiger partial charge in [0, 0.05) is 29.6 Å². The minimum Gasteiger partial charge on any atom is -0.356 e. The molecule has 0 unspecified atom stereocenters. The number of H-pyrrole nitrogens is 1. The first-order chi connectivity index (χ1) is 15.0. The van der Waals surface area contributed by atoms with Crippen LogP contribution in [0.4, 0.5) is 10.5 Å². The molecule has 158 valence electrons. The lowest BCUT2D eigenvalue weighted by atomic mass is 9.93. The van der Waals surface area contributed by atoms with Crippen LogP contribution in [0.25, 0.3) is 10.9 Å². The molecule has 1 fully saturated rings. The molecular weight excluding hydrogens is 392 g/mol. The molecule has 2 aliphatic heterocycles. The van der Waals surface area contributed by atoms with Gasteiger partial charge in [-0.25, -0.2) is 9.69 Å². The molecule has 0 bridgehead atoms. The van der Waals surface area contributed by atoms with Crippen LogP contribution in [0.2, 0.25) is 0 Å². The van der Waals surface area contributed by atoms with Crippen molar-refractivity contribution in [1.29, 1.82) is 0 Å². The highest BCUT2D eigenvalue weighted by Crippen LogP contribution is 2.42. The second kappa shape index (κ2) is 7.27. The summed E-state index contributed by atoms with van der Waals surface area (Å²) in [4.78, 5) is 45.9. The first kappa shape index (κ1) is 19.4. The number of rotatable bonds is 4. The van der Waals surface area contributed by atoms with Gasteiger partial charge in [-0.3, -0.25) is 9.59 Å². The van der Waals surface area contributed by atoms with Gasteiger partial charge in [-0.05, 0) is 37.1 Å². The fourth-order valence-electron chi connectivity index (χ4n) is 4.78. The second-order valence-corrected chi connectivity index (χ2v) is 8.10. The Balaban J connectivity index is 1.54. The van der Waals surface area contributed by atoms with Crippen molar-refractivity contribution in [3.8, 4) is 0 Å². The number of aromatic amines is 1. The van der Waals surface area contributed by atoms with Crippen LogP contribution in [-0.4, -0.2) is 40.3 Å². The van der Waals surface area contributed by atoms with E-state index < -0.39 is 6.04 Å². The Morgan fingerprint density at radius 2 is 1.87 bits per heavy atom. The molecule has 1 aromatic heterocycles. The third-order valence-corrected chi connectivity index (χ3v) is 6.26. The van der Waals surface area contributed by atoms with Crippen molar-refractivity contribution in [2.75, 3.05) is 11.4 Å². The zero-order valence-corrected chi connectivity index (χ0v) is 17.5. The number of benzene rings is 2. The summed E-state index contributed by atoms with van der Waals surface area (Å²) in [5.74, 6) is -0.573. The van der Waals surface area contributed by atoms with Crippen LogP contribution in [0.15, 0.2) is 48.5 Å². The van der Waals surface area contributed by atoms with Gasteiger partial charge in [0.2, 0.25) is 0 Å². The fourth-order valence-corrected chi connectivity index (χ4v) is 4.78. The first-order valence-electron chi connectivity index (χ1n) is 10.7. The molecule has 3 heterocycles. The minimum atomic E-state index is -0.582. The van der Waals surface area contributed by atoms with E-state index in [0.29, 0.717) is 24.2 Å². The minimum absolute atomic E-state index is 0.274. The number of nitrogens with one attached hydrogen (secondary N) is 2. The zero-order valence-electron chi connectivity index (χ0n) is 17.5. The highest BCUT2D eigenvalue weighted by molar-refractivity contribution is 6.24. The molecule has 0 radical (unpaired) electrons. The Morgan fingerprint density at radius 1 is 1.13 bits per heavy atom. The zero-order chi connectivity index (χ0) is 21.7. The van der Waals surface area contributed by atoms with Gasteiger partial charge in [0.1, 0.15) is 6.04 Å². The molecule has 2 aliphatic rings. The number of para-hydroxylation sites is 2. The van der Waals surface area contributed by atoms with Crippen LogP contribution in [0.3, 0.4) is 0 Å². The molecule has 5 rings (SSSR count). The van der Waals surface area contributed by atoms with E-state index in [4.69, 9.17) is 0 Å². The van der Waals surface area contributed by atoms with E-state index in [0.717, 1.165) is 28.6 Å². The van der Waals surface area contributed by atoms with E-state index in [1.54, 1.807) is 29.2 Å². The molecule has 7 nitrogen and oxygen atoms in total. The van der Waals surface area contributed by atoms with E-state index in [1.807, 2.05) is 38.1 Å². The van der Waals surface area contributed by atoms with Crippen LogP contribution in [-0.2, 0) is 11.2 Å². The SMILES string of the molecule is CCCNC(=O)c1ccccc1N1C(=O)[C@@H]2Cc3c([nH]c4ccccc34)[C@H](C)N2C1=O. The molecule has 31 heavy (non-hydrogen) atoms. The topological polar surface area (TPSA) is 85.5 Å². The lowest BCUT2D eigenvalue weighted by Crippen LogP contribution is -2.42. The summed E-state index contributed by atoms with van der Waals surface area (Å²) in [5, 5.41) is 3.92. The normalized spacial score (nSPS) is 20.2. The van der Waals surface area contributed by atoms with Crippen molar-refractivity contribution in [3.63, 3.8) is 0 Å². The fraction of sp³-hybridized carbons (Fsp3) is 0.292. The van der Waals surface area contributed by atoms with Gasteiger partial charge in [-0.1, -0.05) is 37.3 Å². The van der Waals surface area contributed by atoms with Gasteiger partial charge < -0.3 is 15.2 Å². The third-order valence-electron chi connectivity index (χ3n) is 6.26. The Bertz CT molecular complexity index is 1210. The van der Waals surface area contributed by atoms with Crippen LogP contribution in [0.1, 0.15) is 47.9 Å². The molecule has 2 aromatic carbocycles. The van der Waals surface area contributed by atoms with Gasteiger partial charge in [0.25, 0.3) is 11.8 Å². The highest BCUT2D eigenvalue weighted by atomic mass is 16.2. The second-order valence-electron chi connectivity index (χ2n) is 8.10. The average Bonchev–Trinajstić information content (AvgIpc) is 3.28. The van der Waals surface area contributed by atoms with Gasteiger partial charge in [0.15, 0.2) is 0 Å². The summed E-state index contributed by atoms with van der Waals surface area (Å²) in [7, 11) is 0. The Kier molecular flexibility index (Phi) is 4.54. The molecule has 3 aromatic rings. The Hall–Kier alpha value is -3.61. The number of nitrogens with zero attached hydrogens (tertiary/aromatic N) is 2. The molecule has 2 atom stereocenters. The van der Waals surface area contributed by atoms with E-state index in [-0.39, 0.29) is 23.9 Å². The number of anilines is 1. The number of hydrogen-bond acceptors (Lipinski definition) is 3. The Morgan fingerprint density at radius 3 is 2.68 bits per heavy atom. The quantitative estimate of drug-likeness (QED) is 0.635. The largest absolute Gasteiger partial charge is 0.356 e. The lowest BCUT2D eigenvalue weighted by Gasteiger charge is -2.33. The molecule has 0 saturated carbocycles. The van der Waals surface area contributed by atoms with Crippen molar-refractivity contribution in [1.82, 2.24) is 15.2 Å². The Labute approximate surface area is 180 Å². The summed E-state index contributed by atoms with van der Waals surface area (Å²) >= 11 is 0. The molecule has 1 saturated heterocycles. The third kappa shape index (κ3) is 2.84. The summed E-state index contributed by atoms with van der Waals surface area (Å²) < 4.78 is 0. The monoisotopic (exact) mass is 416 g/mol. The van der Waals surface area contributed by atoms with Gasteiger partial charge in [-0.15, -0.1) is 0 Å². The molecule has 4 amide bonds. The number of urea groups is 1. The number of imide groups is 1. The first-order valence-corrected chi connectivity index (χ1v) is 10.7. The molecule has 7 heteroatoms. The van der Waals surface area contributed by atoms with E-state index in [9.17, 15) is 14.4 Å². The van der Waals surface area contributed by atoms with Crippen molar-refractivity contribution in [2.45, 2.75) is 38.8 Å². The van der Waals surface area contributed by atoms with Crippen LogP contribution in [0, 0.1) is 0 Å². The van der Waals surface area contributed by atoms with Crippen molar-refractivity contribution in [2.24, 2.45) is 0 Å². The van der Waals surface area contributed by atoms with Gasteiger partial charge in [-0.2, -0.15) is 0 Å². The van der Waals surface area contributed by atoms with Crippen LogP contribution < -0.4 is 10.2 Å². The maximum atomic E-state index is 13.5. The van der Waals surface area contributed by atoms with Crippen molar-refractivity contribution < 1.29 is 14.4 Å². The number of carbonyl (C=O) groups is 3. The van der Waals surface area contributed by atoms with Crippen molar-refractivity contribution >= 4 is 34.4 Å². The summed E-state index contributed by atoms with van der Waals surface area (Å²) in [6, 6.07) is 13.5. The van der Waals surface area contributed by atoms with E-state index in [1.165, 1.54) is 4.90 Å². The van der Waals surface area contributed by atoms with Gasteiger partial charge in [0.05, 0.1) is 17.3 Å².